The second-order valence-corrected chi connectivity index (χ2v) is 7.70. The van der Waals surface area contributed by atoms with Crippen molar-refractivity contribution in [3.63, 3.8) is 0 Å². The first kappa shape index (κ1) is 17.6. The van der Waals surface area contributed by atoms with Gasteiger partial charge in [0.05, 0.1) is 6.54 Å². The average Bonchev–Trinajstić information content (AvgIpc) is 2.84. The number of carboxylic acids is 1. The molecule has 1 heterocycles. The van der Waals surface area contributed by atoms with E-state index in [4.69, 9.17) is 5.11 Å². The van der Waals surface area contributed by atoms with E-state index in [9.17, 15) is 18.0 Å². The molecule has 0 bridgehead atoms. The Kier molecular flexibility index (Phi) is 6.31. The van der Waals surface area contributed by atoms with Gasteiger partial charge in [-0.05, 0) is 18.6 Å². The molecule has 118 valence electrons. The highest BCUT2D eigenvalue weighted by atomic mass is 32.2. The molecule has 0 saturated heterocycles. The van der Waals surface area contributed by atoms with E-state index in [1.807, 2.05) is 0 Å². The van der Waals surface area contributed by atoms with Crippen LogP contribution in [0.3, 0.4) is 0 Å². The van der Waals surface area contributed by atoms with Gasteiger partial charge in [0.2, 0.25) is 5.91 Å². The van der Waals surface area contributed by atoms with E-state index in [2.05, 4.69) is 5.32 Å². The van der Waals surface area contributed by atoms with Crippen molar-refractivity contribution in [2.45, 2.75) is 31.0 Å². The zero-order chi connectivity index (χ0) is 16.0. The fourth-order valence-electron chi connectivity index (χ4n) is 1.62. The molecule has 0 radical (unpaired) electrons. The zero-order valence-electron chi connectivity index (χ0n) is 11.8. The maximum absolute atomic E-state index is 12.4. The van der Waals surface area contributed by atoms with Gasteiger partial charge in [0.1, 0.15) is 10.8 Å². The van der Waals surface area contributed by atoms with Gasteiger partial charge in [0.25, 0.3) is 10.0 Å². The van der Waals surface area contributed by atoms with Gasteiger partial charge < -0.3 is 10.4 Å². The topological polar surface area (TPSA) is 104 Å². The number of aliphatic carboxylic acids is 1. The second kappa shape index (κ2) is 7.53. The van der Waals surface area contributed by atoms with Crippen LogP contribution >= 0.6 is 11.3 Å². The van der Waals surface area contributed by atoms with Crippen molar-refractivity contribution in [2.75, 3.05) is 13.1 Å². The fourth-order valence-corrected chi connectivity index (χ4v) is 4.55. The summed E-state index contributed by atoms with van der Waals surface area (Å²) in [7, 11) is -3.82. The van der Waals surface area contributed by atoms with E-state index < -0.39 is 22.5 Å². The van der Waals surface area contributed by atoms with Gasteiger partial charge >= 0.3 is 5.97 Å². The number of nitrogens with zero attached hydrogens (tertiary/aromatic N) is 1. The number of thiophene rings is 1. The minimum absolute atomic E-state index is 0.0811. The lowest BCUT2D eigenvalue weighted by Crippen LogP contribution is -2.35. The monoisotopic (exact) mass is 334 g/mol. The zero-order valence-corrected chi connectivity index (χ0v) is 13.5. The maximum atomic E-state index is 12.4. The molecule has 0 atom stereocenters. The number of carbonyl (C=O) groups is 2. The number of nitrogens with one attached hydrogen (secondary N) is 1. The summed E-state index contributed by atoms with van der Waals surface area (Å²) < 4.78 is 25.8. The van der Waals surface area contributed by atoms with Crippen LogP contribution in [0.25, 0.3) is 0 Å². The molecule has 1 aromatic heterocycles. The number of rotatable bonds is 8. The molecule has 0 unspecified atom stereocenters. The van der Waals surface area contributed by atoms with E-state index in [0.717, 1.165) is 15.6 Å². The van der Waals surface area contributed by atoms with Crippen LogP contribution in [0.4, 0.5) is 0 Å². The lowest BCUT2D eigenvalue weighted by molar-refractivity contribution is -0.137. The molecule has 1 amide bonds. The largest absolute Gasteiger partial charge is 0.480 e. The van der Waals surface area contributed by atoms with E-state index >= 15 is 0 Å². The summed E-state index contributed by atoms with van der Waals surface area (Å²) in [4.78, 5) is 22.3. The van der Waals surface area contributed by atoms with Crippen molar-refractivity contribution in [2.24, 2.45) is 0 Å². The lowest BCUT2D eigenvalue weighted by atomic mass is 10.4. The van der Waals surface area contributed by atoms with Crippen molar-refractivity contribution in [1.82, 2.24) is 9.62 Å². The van der Waals surface area contributed by atoms with Gasteiger partial charge in [-0.2, -0.15) is 4.31 Å². The average molecular weight is 334 g/mol. The van der Waals surface area contributed by atoms with Crippen LogP contribution in [0.15, 0.2) is 16.3 Å². The van der Waals surface area contributed by atoms with Gasteiger partial charge in [-0.1, -0.05) is 6.92 Å². The minimum atomic E-state index is -3.82. The van der Waals surface area contributed by atoms with Gasteiger partial charge in [0, 0.05) is 18.3 Å². The lowest BCUT2D eigenvalue weighted by Gasteiger charge is -2.18. The molecule has 0 spiro atoms. The molecule has 2 N–H and O–H groups in total. The number of hydrogen-bond donors (Lipinski definition) is 2. The highest BCUT2D eigenvalue weighted by Crippen LogP contribution is 2.25. The molecule has 0 aliphatic carbocycles. The molecule has 0 fully saturated rings. The molecule has 0 aromatic carbocycles. The number of hydrogen-bond acceptors (Lipinski definition) is 5. The maximum Gasteiger partial charge on any atom is 0.318 e. The molecule has 0 aliphatic rings. The highest BCUT2D eigenvalue weighted by molar-refractivity contribution is 7.91. The van der Waals surface area contributed by atoms with Gasteiger partial charge in [-0.3, -0.25) is 9.59 Å². The highest BCUT2D eigenvalue weighted by Gasteiger charge is 2.27. The fraction of sp³-hybridized carbons (Fsp3) is 0.500. The number of amides is 1. The Balaban J connectivity index is 2.94. The van der Waals surface area contributed by atoms with Crippen molar-refractivity contribution in [1.29, 1.82) is 0 Å². The van der Waals surface area contributed by atoms with Crippen LogP contribution in [0, 0.1) is 0 Å². The predicted molar refractivity (Wildman–Crippen MR) is 78.5 cm³/mol. The minimum Gasteiger partial charge on any atom is -0.480 e. The summed E-state index contributed by atoms with van der Waals surface area (Å²) in [5.41, 5.74) is 0. The third kappa shape index (κ3) is 5.10. The van der Waals surface area contributed by atoms with Crippen LogP contribution in [-0.2, 0) is 26.2 Å². The molecule has 9 heteroatoms. The summed E-state index contributed by atoms with van der Waals surface area (Å²) in [5, 5.41) is 11.4. The molecule has 7 nitrogen and oxygen atoms in total. The first-order valence-corrected chi connectivity index (χ1v) is 8.58. The molecule has 1 aromatic rings. The quantitative estimate of drug-likeness (QED) is 0.734. The Morgan fingerprint density at radius 2 is 2.05 bits per heavy atom. The van der Waals surface area contributed by atoms with Crippen LogP contribution < -0.4 is 5.32 Å². The van der Waals surface area contributed by atoms with E-state index in [0.29, 0.717) is 11.3 Å². The van der Waals surface area contributed by atoms with Crippen LogP contribution in [-0.4, -0.2) is 42.8 Å². The Morgan fingerprint density at radius 1 is 1.38 bits per heavy atom. The Bertz CT molecular complexity index is 609. The second-order valence-electron chi connectivity index (χ2n) is 4.36. The van der Waals surface area contributed by atoms with Gasteiger partial charge in [-0.25, -0.2) is 8.42 Å². The third-order valence-corrected chi connectivity index (χ3v) is 5.93. The number of sulfonamides is 1. The predicted octanol–water partition coefficient (Wildman–Crippen LogP) is 0.869. The van der Waals surface area contributed by atoms with Crippen LogP contribution in [0.5, 0.6) is 0 Å². The van der Waals surface area contributed by atoms with Crippen molar-refractivity contribution < 1.29 is 23.1 Å². The van der Waals surface area contributed by atoms with Crippen molar-refractivity contribution in [3.8, 4) is 0 Å². The molecule has 0 aliphatic heterocycles. The first-order valence-electron chi connectivity index (χ1n) is 6.32. The Labute approximate surface area is 127 Å². The number of carbonyl (C=O) groups excluding carboxylic acids is 1. The standard InChI is InChI=1S/C12H18N2O5S2/c1-3-6-14(8-11(16)17)21(18,19)12-5-4-10(20-12)7-13-9(2)15/h4-5H,3,6-8H2,1-2H3,(H,13,15)(H,16,17). The first-order chi connectivity index (χ1) is 9.77. The molecular formula is C12H18N2O5S2. The van der Waals surface area contributed by atoms with Crippen molar-refractivity contribution >= 4 is 33.2 Å². The molecule has 21 heavy (non-hydrogen) atoms. The van der Waals surface area contributed by atoms with Crippen LogP contribution in [0.2, 0.25) is 0 Å². The summed E-state index contributed by atoms with van der Waals surface area (Å²) in [5.74, 6) is -1.40. The van der Waals surface area contributed by atoms with E-state index in [-0.39, 0.29) is 23.2 Å². The van der Waals surface area contributed by atoms with Crippen LogP contribution in [0.1, 0.15) is 25.1 Å². The van der Waals surface area contributed by atoms with Crippen molar-refractivity contribution in [3.05, 3.63) is 17.0 Å². The van der Waals surface area contributed by atoms with Gasteiger partial charge in [-0.15, -0.1) is 11.3 Å². The summed E-state index contributed by atoms with van der Waals surface area (Å²) in [6.45, 7) is 2.99. The Morgan fingerprint density at radius 3 is 2.57 bits per heavy atom. The SMILES string of the molecule is CCCN(CC(=O)O)S(=O)(=O)c1ccc(CNC(C)=O)s1. The Hall–Kier alpha value is -1.45. The molecule has 0 saturated carbocycles. The molecular weight excluding hydrogens is 316 g/mol. The summed E-state index contributed by atoms with van der Waals surface area (Å²) in [6, 6.07) is 3.04. The smallest absolute Gasteiger partial charge is 0.318 e. The summed E-state index contributed by atoms with van der Waals surface area (Å²) >= 11 is 1.03. The normalized spacial score (nSPS) is 11.6. The van der Waals surface area contributed by atoms with Gasteiger partial charge in [0.15, 0.2) is 0 Å². The van der Waals surface area contributed by atoms with E-state index in [1.54, 1.807) is 13.0 Å². The number of carboxylic acid groups (broad SMARTS) is 1. The summed E-state index contributed by atoms with van der Waals surface area (Å²) in [6.07, 6.45) is 0.524. The third-order valence-electron chi connectivity index (χ3n) is 2.53. The van der Waals surface area contributed by atoms with E-state index in [1.165, 1.54) is 13.0 Å². The molecule has 1 rings (SSSR count).